The minimum absolute atomic E-state index is 0.00460. The van der Waals surface area contributed by atoms with Crippen LogP contribution in [0.4, 0.5) is 0 Å². The van der Waals surface area contributed by atoms with Gasteiger partial charge in [0, 0.05) is 38.9 Å². The zero-order chi connectivity index (χ0) is 17.2. The third-order valence-electron chi connectivity index (χ3n) is 4.54. The molecule has 1 aliphatic heterocycles. The van der Waals surface area contributed by atoms with Crippen LogP contribution in [0.2, 0.25) is 0 Å². The number of amides is 1. The van der Waals surface area contributed by atoms with E-state index in [0.29, 0.717) is 30.8 Å². The van der Waals surface area contributed by atoms with E-state index >= 15 is 0 Å². The predicted molar refractivity (Wildman–Crippen MR) is 90.5 cm³/mol. The van der Waals surface area contributed by atoms with Crippen molar-refractivity contribution in [2.45, 2.75) is 6.54 Å². The molecule has 3 aromatic heterocycles. The molecular formula is C17H19N5O3. The van der Waals surface area contributed by atoms with Gasteiger partial charge in [-0.05, 0) is 18.2 Å². The second-order valence-electron chi connectivity index (χ2n) is 6.08. The van der Waals surface area contributed by atoms with E-state index in [2.05, 4.69) is 10.00 Å². The minimum Gasteiger partial charge on any atom is -0.472 e. The lowest BCUT2D eigenvalue weighted by Gasteiger charge is -2.34. The third kappa shape index (κ3) is 3.08. The summed E-state index contributed by atoms with van der Waals surface area (Å²) in [6.45, 7) is 4.18. The van der Waals surface area contributed by atoms with Crippen molar-refractivity contribution in [2.75, 3.05) is 32.7 Å². The Morgan fingerprint density at radius 3 is 2.68 bits per heavy atom. The van der Waals surface area contributed by atoms with Crippen molar-refractivity contribution in [3.05, 3.63) is 59.0 Å². The summed E-state index contributed by atoms with van der Waals surface area (Å²) in [6, 6.07) is 7.18. The lowest BCUT2D eigenvalue weighted by molar-refractivity contribution is 0.0631. The fourth-order valence-electron chi connectivity index (χ4n) is 3.09. The molecule has 0 saturated carbocycles. The monoisotopic (exact) mass is 341 g/mol. The molecule has 1 amide bonds. The van der Waals surface area contributed by atoms with Crippen LogP contribution in [-0.2, 0) is 6.54 Å². The Bertz CT molecular complexity index is 919. The van der Waals surface area contributed by atoms with E-state index in [-0.39, 0.29) is 11.6 Å². The Labute approximate surface area is 143 Å². The highest BCUT2D eigenvalue weighted by Gasteiger charge is 2.22. The van der Waals surface area contributed by atoms with E-state index in [1.54, 1.807) is 16.7 Å². The van der Waals surface area contributed by atoms with Gasteiger partial charge in [-0.1, -0.05) is 6.07 Å². The molecule has 25 heavy (non-hydrogen) atoms. The van der Waals surface area contributed by atoms with Crippen LogP contribution < -0.4 is 5.69 Å². The molecule has 0 spiro atoms. The van der Waals surface area contributed by atoms with E-state index in [4.69, 9.17) is 4.42 Å². The fraction of sp³-hybridized carbons (Fsp3) is 0.353. The van der Waals surface area contributed by atoms with Crippen LogP contribution >= 0.6 is 0 Å². The molecule has 0 radical (unpaired) electrons. The number of pyridine rings is 1. The predicted octanol–water partition coefficient (Wildman–Crippen LogP) is 0.547. The van der Waals surface area contributed by atoms with Crippen LogP contribution in [0.25, 0.3) is 5.65 Å². The van der Waals surface area contributed by atoms with Crippen molar-refractivity contribution in [2.24, 2.45) is 0 Å². The van der Waals surface area contributed by atoms with Gasteiger partial charge in [-0.25, -0.2) is 9.48 Å². The largest absolute Gasteiger partial charge is 0.472 e. The smallest absolute Gasteiger partial charge is 0.350 e. The molecule has 4 heterocycles. The summed E-state index contributed by atoms with van der Waals surface area (Å²) in [4.78, 5) is 28.6. The summed E-state index contributed by atoms with van der Waals surface area (Å²) in [6.07, 6.45) is 4.71. The van der Waals surface area contributed by atoms with Crippen LogP contribution in [0.5, 0.6) is 0 Å². The third-order valence-corrected chi connectivity index (χ3v) is 4.54. The summed E-state index contributed by atoms with van der Waals surface area (Å²) in [5.41, 5.74) is 1.12. The highest BCUT2D eigenvalue weighted by Crippen LogP contribution is 2.09. The van der Waals surface area contributed by atoms with E-state index in [1.807, 2.05) is 23.1 Å². The van der Waals surface area contributed by atoms with E-state index in [1.165, 1.54) is 17.2 Å². The molecule has 3 aromatic rings. The second kappa shape index (κ2) is 6.56. The number of fused-ring (bicyclic) bond motifs is 1. The molecule has 4 rings (SSSR count). The lowest BCUT2D eigenvalue weighted by Crippen LogP contribution is -2.49. The molecule has 0 aliphatic carbocycles. The van der Waals surface area contributed by atoms with Gasteiger partial charge in [0.25, 0.3) is 5.91 Å². The quantitative estimate of drug-likeness (QED) is 0.693. The van der Waals surface area contributed by atoms with Gasteiger partial charge in [-0.15, -0.1) is 5.10 Å². The average molecular weight is 341 g/mol. The molecule has 0 bridgehead atoms. The van der Waals surface area contributed by atoms with Crippen LogP contribution in [0, 0.1) is 0 Å². The van der Waals surface area contributed by atoms with Crippen molar-refractivity contribution in [3.8, 4) is 0 Å². The Kier molecular flexibility index (Phi) is 4.10. The Morgan fingerprint density at radius 1 is 1.12 bits per heavy atom. The first-order chi connectivity index (χ1) is 12.2. The van der Waals surface area contributed by atoms with Crippen molar-refractivity contribution < 1.29 is 9.21 Å². The first-order valence-corrected chi connectivity index (χ1v) is 8.30. The van der Waals surface area contributed by atoms with Gasteiger partial charge < -0.3 is 9.32 Å². The molecule has 8 nitrogen and oxygen atoms in total. The van der Waals surface area contributed by atoms with Gasteiger partial charge in [-0.3, -0.25) is 14.1 Å². The van der Waals surface area contributed by atoms with Gasteiger partial charge in [0.05, 0.1) is 18.4 Å². The lowest BCUT2D eigenvalue weighted by atomic mass is 10.2. The summed E-state index contributed by atoms with van der Waals surface area (Å²) < 4.78 is 8.01. The maximum absolute atomic E-state index is 12.3. The first kappa shape index (κ1) is 15.6. The highest BCUT2D eigenvalue weighted by atomic mass is 16.3. The molecule has 0 N–H and O–H groups in total. The van der Waals surface area contributed by atoms with Gasteiger partial charge in [0.2, 0.25) is 0 Å². The maximum atomic E-state index is 12.3. The first-order valence-electron chi connectivity index (χ1n) is 8.30. The van der Waals surface area contributed by atoms with Crippen LogP contribution in [0.3, 0.4) is 0 Å². The van der Waals surface area contributed by atoms with Crippen molar-refractivity contribution >= 4 is 11.6 Å². The molecule has 0 unspecified atom stereocenters. The standard InChI is InChI=1S/C17H19N5O3/c23-16(14-4-12-25-13-14)20-9-6-19(7-10-20)8-11-22-17(24)21-5-2-1-3-15(21)18-22/h1-5,12-13H,6-11H2. The average Bonchev–Trinajstić information content (AvgIpc) is 3.29. The Morgan fingerprint density at radius 2 is 1.96 bits per heavy atom. The number of piperazine rings is 1. The van der Waals surface area contributed by atoms with Gasteiger partial charge in [-0.2, -0.15) is 0 Å². The number of nitrogens with zero attached hydrogens (tertiary/aromatic N) is 5. The second-order valence-corrected chi connectivity index (χ2v) is 6.08. The van der Waals surface area contributed by atoms with Crippen molar-refractivity contribution in [3.63, 3.8) is 0 Å². The fourth-order valence-corrected chi connectivity index (χ4v) is 3.09. The van der Waals surface area contributed by atoms with E-state index < -0.39 is 0 Å². The van der Waals surface area contributed by atoms with E-state index in [9.17, 15) is 9.59 Å². The van der Waals surface area contributed by atoms with Crippen molar-refractivity contribution in [1.82, 2.24) is 24.0 Å². The van der Waals surface area contributed by atoms with E-state index in [0.717, 1.165) is 19.6 Å². The molecule has 1 aliphatic rings. The topological polar surface area (TPSA) is 76.0 Å². The summed E-state index contributed by atoms with van der Waals surface area (Å²) >= 11 is 0. The highest BCUT2D eigenvalue weighted by molar-refractivity contribution is 5.93. The Balaban J connectivity index is 1.33. The van der Waals surface area contributed by atoms with Gasteiger partial charge in [0.1, 0.15) is 6.26 Å². The molecule has 1 saturated heterocycles. The number of hydrogen-bond acceptors (Lipinski definition) is 5. The zero-order valence-electron chi connectivity index (χ0n) is 13.7. The molecule has 0 aromatic carbocycles. The number of furan rings is 1. The number of aromatic nitrogens is 3. The molecular weight excluding hydrogens is 322 g/mol. The summed E-state index contributed by atoms with van der Waals surface area (Å²) in [7, 11) is 0. The maximum Gasteiger partial charge on any atom is 0.350 e. The van der Waals surface area contributed by atoms with Crippen LogP contribution in [0.15, 0.2) is 52.2 Å². The molecule has 130 valence electrons. The molecule has 1 fully saturated rings. The zero-order valence-corrected chi connectivity index (χ0v) is 13.7. The molecule has 8 heteroatoms. The number of rotatable bonds is 4. The van der Waals surface area contributed by atoms with Gasteiger partial charge >= 0.3 is 5.69 Å². The number of carbonyl (C=O) groups is 1. The molecule has 0 atom stereocenters. The normalized spacial score (nSPS) is 15.8. The SMILES string of the molecule is O=C(c1ccoc1)N1CCN(CCn2nc3ccccn3c2=O)CC1. The Hall–Kier alpha value is -2.87. The summed E-state index contributed by atoms with van der Waals surface area (Å²) in [5, 5.41) is 4.34. The number of carbonyl (C=O) groups excluding carboxylic acids is 1. The summed E-state index contributed by atoms with van der Waals surface area (Å²) in [5.74, 6) is 0.00460. The van der Waals surface area contributed by atoms with Crippen LogP contribution in [0.1, 0.15) is 10.4 Å². The minimum atomic E-state index is -0.121. The number of hydrogen-bond donors (Lipinski definition) is 0. The van der Waals surface area contributed by atoms with Gasteiger partial charge in [0.15, 0.2) is 5.65 Å². The van der Waals surface area contributed by atoms with Crippen molar-refractivity contribution in [1.29, 1.82) is 0 Å². The van der Waals surface area contributed by atoms with Crippen LogP contribution in [-0.4, -0.2) is 62.6 Å².